The molecule has 1 fully saturated rings. The number of hydrogen-bond donors (Lipinski definition) is 4. The molecule has 1 aliphatic rings. The standard InChI is InChI=1S/C19H24FN5O3/c20-14-7-5-13(6-8-14)17(26)10-21-19(28)24-16-9-22-25(11-16)12-18(27)23-15-3-1-2-4-15/h5-9,11,15,17,26H,1-4,10,12H2,(H,23,27)(H2,21,24,28)/t17-/m0/s1. The van der Waals surface area contributed by atoms with Gasteiger partial charge in [0, 0.05) is 18.8 Å². The van der Waals surface area contributed by atoms with Gasteiger partial charge in [-0.2, -0.15) is 5.10 Å². The highest BCUT2D eigenvalue weighted by Gasteiger charge is 2.17. The van der Waals surface area contributed by atoms with E-state index >= 15 is 0 Å². The number of nitrogens with zero attached hydrogens (tertiary/aromatic N) is 2. The Morgan fingerprint density at radius 3 is 2.68 bits per heavy atom. The van der Waals surface area contributed by atoms with E-state index in [0.29, 0.717) is 11.3 Å². The molecule has 1 saturated carbocycles. The average Bonchev–Trinajstić information content (AvgIpc) is 3.32. The van der Waals surface area contributed by atoms with Crippen molar-refractivity contribution >= 4 is 17.6 Å². The summed E-state index contributed by atoms with van der Waals surface area (Å²) in [5.41, 5.74) is 0.935. The lowest BCUT2D eigenvalue weighted by Crippen LogP contribution is -2.35. The monoisotopic (exact) mass is 389 g/mol. The molecule has 1 aromatic heterocycles. The van der Waals surface area contributed by atoms with Gasteiger partial charge in [-0.3, -0.25) is 9.48 Å². The number of hydrogen-bond acceptors (Lipinski definition) is 4. The first-order chi connectivity index (χ1) is 13.5. The number of anilines is 1. The van der Waals surface area contributed by atoms with Crippen LogP contribution in [0.1, 0.15) is 37.4 Å². The Hall–Kier alpha value is -2.94. The van der Waals surface area contributed by atoms with E-state index in [9.17, 15) is 19.1 Å². The molecule has 150 valence electrons. The number of benzene rings is 1. The van der Waals surface area contributed by atoms with Gasteiger partial charge in [-0.25, -0.2) is 9.18 Å². The molecular weight excluding hydrogens is 365 g/mol. The summed E-state index contributed by atoms with van der Waals surface area (Å²) in [5.74, 6) is -0.496. The SMILES string of the molecule is O=C(Cn1cc(NC(=O)NC[C@H](O)c2ccc(F)cc2)cn1)NC1CCCC1. The second-order valence-electron chi connectivity index (χ2n) is 6.88. The molecule has 1 heterocycles. The minimum Gasteiger partial charge on any atom is -0.387 e. The summed E-state index contributed by atoms with van der Waals surface area (Å²) in [6.07, 6.45) is 6.37. The minimum absolute atomic E-state index is 0.0323. The lowest BCUT2D eigenvalue weighted by atomic mass is 10.1. The van der Waals surface area contributed by atoms with E-state index < -0.39 is 18.0 Å². The van der Waals surface area contributed by atoms with E-state index in [0.717, 1.165) is 25.7 Å². The van der Waals surface area contributed by atoms with Gasteiger partial charge < -0.3 is 21.1 Å². The third-order valence-corrected chi connectivity index (χ3v) is 4.63. The van der Waals surface area contributed by atoms with Crippen molar-refractivity contribution in [2.45, 2.75) is 44.4 Å². The maximum Gasteiger partial charge on any atom is 0.319 e. The summed E-state index contributed by atoms with van der Waals surface area (Å²) in [4.78, 5) is 24.0. The van der Waals surface area contributed by atoms with Gasteiger partial charge in [0.05, 0.1) is 18.0 Å². The summed E-state index contributed by atoms with van der Waals surface area (Å²) in [6, 6.07) is 5.14. The second-order valence-corrected chi connectivity index (χ2v) is 6.88. The first-order valence-corrected chi connectivity index (χ1v) is 9.30. The maximum absolute atomic E-state index is 12.9. The Morgan fingerprint density at radius 2 is 1.96 bits per heavy atom. The van der Waals surface area contributed by atoms with E-state index in [-0.39, 0.29) is 25.0 Å². The number of amides is 3. The summed E-state index contributed by atoms with van der Waals surface area (Å²) in [7, 11) is 0. The van der Waals surface area contributed by atoms with Crippen LogP contribution in [0.25, 0.3) is 0 Å². The number of urea groups is 1. The van der Waals surface area contributed by atoms with Crippen LogP contribution in [0.15, 0.2) is 36.7 Å². The van der Waals surface area contributed by atoms with Gasteiger partial charge in [-0.05, 0) is 30.5 Å². The number of halogens is 1. The van der Waals surface area contributed by atoms with E-state index in [1.165, 1.54) is 35.1 Å². The molecule has 8 nitrogen and oxygen atoms in total. The smallest absolute Gasteiger partial charge is 0.319 e. The van der Waals surface area contributed by atoms with E-state index in [1.54, 1.807) is 6.20 Å². The highest BCUT2D eigenvalue weighted by atomic mass is 19.1. The molecule has 1 aliphatic carbocycles. The van der Waals surface area contributed by atoms with Gasteiger partial charge in [0.2, 0.25) is 5.91 Å². The molecule has 0 radical (unpaired) electrons. The van der Waals surface area contributed by atoms with Gasteiger partial charge in [-0.15, -0.1) is 0 Å². The molecule has 4 N–H and O–H groups in total. The number of carbonyl (C=O) groups excluding carboxylic acids is 2. The van der Waals surface area contributed by atoms with Crippen LogP contribution in [-0.4, -0.2) is 39.4 Å². The fraction of sp³-hybridized carbons (Fsp3) is 0.421. The zero-order chi connectivity index (χ0) is 19.9. The van der Waals surface area contributed by atoms with Crippen LogP contribution in [0.5, 0.6) is 0 Å². The zero-order valence-corrected chi connectivity index (χ0v) is 15.4. The number of aliphatic hydroxyl groups is 1. The largest absolute Gasteiger partial charge is 0.387 e. The lowest BCUT2D eigenvalue weighted by Gasteiger charge is -2.12. The van der Waals surface area contributed by atoms with Crippen molar-refractivity contribution in [2.75, 3.05) is 11.9 Å². The number of aliphatic hydroxyl groups excluding tert-OH is 1. The molecule has 1 aromatic carbocycles. The molecule has 3 amide bonds. The van der Waals surface area contributed by atoms with Crippen molar-refractivity contribution in [3.63, 3.8) is 0 Å². The molecule has 2 aromatic rings. The van der Waals surface area contributed by atoms with Crippen molar-refractivity contribution in [3.05, 3.63) is 48.0 Å². The Labute approximate surface area is 162 Å². The molecule has 9 heteroatoms. The molecule has 0 bridgehead atoms. The average molecular weight is 389 g/mol. The number of rotatable bonds is 7. The Morgan fingerprint density at radius 1 is 1.25 bits per heavy atom. The van der Waals surface area contributed by atoms with Crippen LogP contribution in [0.4, 0.5) is 14.9 Å². The van der Waals surface area contributed by atoms with Gasteiger partial charge in [0.15, 0.2) is 0 Å². The quantitative estimate of drug-likeness (QED) is 0.580. The molecular formula is C19H24FN5O3. The van der Waals surface area contributed by atoms with E-state index in [4.69, 9.17) is 0 Å². The van der Waals surface area contributed by atoms with Crippen LogP contribution in [0.3, 0.4) is 0 Å². The van der Waals surface area contributed by atoms with Crippen molar-refractivity contribution in [1.82, 2.24) is 20.4 Å². The third-order valence-electron chi connectivity index (χ3n) is 4.63. The van der Waals surface area contributed by atoms with E-state index in [2.05, 4.69) is 21.0 Å². The summed E-state index contributed by atoms with van der Waals surface area (Å²) in [6.45, 7) is 0.0540. The molecule has 1 atom stereocenters. The third kappa shape index (κ3) is 5.78. The number of nitrogens with one attached hydrogen (secondary N) is 3. The molecule has 0 saturated heterocycles. The van der Waals surface area contributed by atoms with Crippen LogP contribution < -0.4 is 16.0 Å². The zero-order valence-electron chi connectivity index (χ0n) is 15.4. The number of carbonyl (C=O) groups is 2. The van der Waals surface area contributed by atoms with Gasteiger partial charge in [0.25, 0.3) is 0 Å². The summed E-state index contributed by atoms with van der Waals surface area (Å²) < 4.78 is 14.3. The molecule has 0 aliphatic heterocycles. The lowest BCUT2D eigenvalue weighted by molar-refractivity contribution is -0.122. The number of aromatic nitrogens is 2. The normalized spacial score (nSPS) is 15.2. The van der Waals surface area contributed by atoms with Crippen LogP contribution in [0.2, 0.25) is 0 Å². The Bertz CT molecular complexity index is 802. The predicted molar refractivity (Wildman–Crippen MR) is 101 cm³/mol. The van der Waals surface area contributed by atoms with Gasteiger partial charge in [0.1, 0.15) is 12.4 Å². The Balaban J connectivity index is 1.41. The van der Waals surface area contributed by atoms with Crippen LogP contribution >= 0.6 is 0 Å². The van der Waals surface area contributed by atoms with Crippen molar-refractivity contribution in [2.24, 2.45) is 0 Å². The summed E-state index contributed by atoms with van der Waals surface area (Å²) >= 11 is 0. The summed E-state index contributed by atoms with van der Waals surface area (Å²) in [5, 5.41) is 22.2. The fourth-order valence-electron chi connectivity index (χ4n) is 3.17. The van der Waals surface area contributed by atoms with Crippen LogP contribution in [-0.2, 0) is 11.3 Å². The highest BCUT2D eigenvalue weighted by Crippen LogP contribution is 2.17. The molecule has 0 spiro atoms. The molecule has 28 heavy (non-hydrogen) atoms. The molecule has 0 unspecified atom stereocenters. The van der Waals surface area contributed by atoms with Crippen molar-refractivity contribution in [3.8, 4) is 0 Å². The van der Waals surface area contributed by atoms with E-state index in [1.807, 2.05) is 0 Å². The van der Waals surface area contributed by atoms with Crippen molar-refractivity contribution < 1.29 is 19.1 Å². The highest BCUT2D eigenvalue weighted by molar-refractivity contribution is 5.89. The minimum atomic E-state index is -0.951. The van der Waals surface area contributed by atoms with Crippen LogP contribution in [0, 0.1) is 5.82 Å². The topological polar surface area (TPSA) is 108 Å². The fourth-order valence-corrected chi connectivity index (χ4v) is 3.17. The van der Waals surface area contributed by atoms with Gasteiger partial charge in [-0.1, -0.05) is 25.0 Å². The second kappa shape index (κ2) is 9.32. The van der Waals surface area contributed by atoms with Crippen molar-refractivity contribution in [1.29, 1.82) is 0 Å². The Kier molecular flexibility index (Phi) is 6.59. The predicted octanol–water partition coefficient (Wildman–Crippen LogP) is 1.94. The first-order valence-electron chi connectivity index (χ1n) is 9.30. The molecule has 3 rings (SSSR count). The maximum atomic E-state index is 12.9. The van der Waals surface area contributed by atoms with Gasteiger partial charge >= 0.3 is 6.03 Å². The first kappa shape index (κ1) is 19.8.